The lowest BCUT2D eigenvalue weighted by atomic mass is 10.0. The molecule has 86 valence electrons. The molecular weight excluding hydrogens is 222 g/mol. The Morgan fingerprint density at radius 2 is 2.06 bits per heavy atom. The fourth-order valence-electron chi connectivity index (χ4n) is 2.51. The summed E-state index contributed by atoms with van der Waals surface area (Å²) in [6.45, 7) is 5.88. The first-order valence-electron chi connectivity index (χ1n) is 5.52. The molecule has 0 aromatic heterocycles. The van der Waals surface area contributed by atoms with Crippen molar-refractivity contribution in [1.29, 1.82) is 0 Å². The molecule has 0 radical (unpaired) electrons. The molecule has 1 aromatic rings. The first kappa shape index (κ1) is 11.5. The number of anilines is 1. The Hall–Kier alpha value is -1.02. The van der Waals surface area contributed by atoms with Crippen molar-refractivity contribution in [3.63, 3.8) is 0 Å². The van der Waals surface area contributed by atoms with E-state index in [2.05, 4.69) is 24.0 Å². The standard InChI is InChI=1S/C13H16ClNO/c1-9-8-10-6-4-5-7-11(10)15(9)13(2,3)12(14)16/h4-7,9H,8H2,1-3H3. The molecule has 0 amide bonds. The van der Waals surface area contributed by atoms with Gasteiger partial charge in [-0.3, -0.25) is 4.79 Å². The van der Waals surface area contributed by atoms with Crippen molar-refractivity contribution < 1.29 is 4.79 Å². The monoisotopic (exact) mass is 237 g/mol. The lowest BCUT2D eigenvalue weighted by Crippen LogP contribution is -2.51. The van der Waals surface area contributed by atoms with Crippen molar-refractivity contribution in [2.24, 2.45) is 0 Å². The molecule has 1 heterocycles. The first-order valence-corrected chi connectivity index (χ1v) is 5.89. The summed E-state index contributed by atoms with van der Waals surface area (Å²) in [5.74, 6) is 0. The number of hydrogen-bond acceptors (Lipinski definition) is 2. The van der Waals surface area contributed by atoms with Gasteiger partial charge in [0.25, 0.3) is 0 Å². The van der Waals surface area contributed by atoms with Crippen LogP contribution in [0.5, 0.6) is 0 Å². The second kappa shape index (κ2) is 3.77. The SMILES string of the molecule is CC1Cc2ccccc2N1C(C)(C)C(=O)Cl. The highest BCUT2D eigenvalue weighted by molar-refractivity contribution is 6.65. The molecule has 2 nitrogen and oxygen atoms in total. The van der Waals surface area contributed by atoms with Crippen LogP contribution in [0.15, 0.2) is 24.3 Å². The lowest BCUT2D eigenvalue weighted by Gasteiger charge is -2.38. The second-order valence-electron chi connectivity index (χ2n) is 4.88. The van der Waals surface area contributed by atoms with E-state index in [-0.39, 0.29) is 5.24 Å². The number of para-hydroxylation sites is 1. The fraction of sp³-hybridized carbons (Fsp3) is 0.462. The van der Waals surface area contributed by atoms with Crippen molar-refractivity contribution in [1.82, 2.24) is 0 Å². The van der Waals surface area contributed by atoms with Crippen LogP contribution in [0, 0.1) is 0 Å². The lowest BCUT2D eigenvalue weighted by molar-refractivity contribution is -0.115. The number of nitrogens with zero attached hydrogens (tertiary/aromatic N) is 1. The Bertz CT molecular complexity index is 428. The van der Waals surface area contributed by atoms with Crippen molar-refractivity contribution in [3.8, 4) is 0 Å². The molecule has 1 aromatic carbocycles. The quantitative estimate of drug-likeness (QED) is 0.737. The Kier molecular flexibility index (Phi) is 2.70. The van der Waals surface area contributed by atoms with Gasteiger partial charge in [0.1, 0.15) is 5.54 Å². The number of fused-ring (bicyclic) bond motifs is 1. The van der Waals surface area contributed by atoms with Crippen LogP contribution < -0.4 is 4.90 Å². The summed E-state index contributed by atoms with van der Waals surface area (Å²) in [6.07, 6.45) is 0.976. The summed E-state index contributed by atoms with van der Waals surface area (Å²) in [7, 11) is 0. The summed E-state index contributed by atoms with van der Waals surface area (Å²) in [6, 6.07) is 8.51. The molecule has 1 unspecified atom stereocenters. The molecule has 0 N–H and O–H groups in total. The molecule has 3 heteroatoms. The van der Waals surface area contributed by atoms with Gasteiger partial charge < -0.3 is 4.90 Å². The van der Waals surface area contributed by atoms with E-state index in [1.807, 2.05) is 26.0 Å². The molecule has 0 bridgehead atoms. The maximum absolute atomic E-state index is 11.5. The van der Waals surface area contributed by atoms with Crippen LogP contribution in [-0.2, 0) is 11.2 Å². The predicted octanol–water partition coefficient (Wildman–Crippen LogP) is 2.98. The van der Waals surface area contributed by atoms with Crippen LogP contribution in [0.2, 0.25) is 0 Å². The van der Waals surface area contributed by atoms with Gasteiger partial charge in [0, 0.05) is 11.7 Å². The van der Waals surface area contributed by atoms with E-state index >= 15 is 0 Å². The van der Waals surface area contributed by atoms with E-state index in [0.717, 1.165) is 12.1 Å². The van der Waals surface area contributed by atoms with E-state index < -0.39 is 5.54 Å². The van der Waals surface area contributed by atoms with Gasteiger partial charge in [0.15, 0.2) is 0 Å². The van der Waals surface area contributed by atoms with E-state index in [0.29, 0.717) is 6.04 Å². The number of carbonyl (C=O) groups is 1. The zero-order valence-electron chi connectivity index (χ0n) is 9.83. The minimum Gasteiger partial charge on any atom is -0.355 e. The molecule has 1 aliphatic heterocycles. The highest BCUT2D eigenvalue weighted by atomic mass is 35.5. The average Bonchev–Trinajstić information content (AvgIpc) is 2.53. The van der Waals surface area contributed by atoms with Crippen molar-refractivity contribution in [3.05, 3.63) is 29.8 Å². The average molecular weight is 238 g/mol. The van der Waals surface area contributed by atoms with Gasteiger partial charge in [-0.25, -0.2) is 0 Å². The Morgan fingerprint density at radius 3 is 2.69 bits per heavy atom. The molecule has 0 spiro atoms. The molecule has 1 aliphatic rings. The normalized spacial score (nSPS) is 19.8. The highest BCUT2D eigenvalue weighted by Crippen LogP contribution is 2.37. The number of carbonyl (C=O) groups excluding carboxylic acids is 1. The van der Waals surface area contributed by atoms with E-state index in [4.69, 9.17) is 11.6 Å². The topological polar surface area (TPSA) is 20.3 Å². The smallest absolute Gasteiger partial charge is 0.246 e. The Balaban J connectivity index is 2.47. The van der Waals surface area contributed by atoms with Crippen LogP contribution in [0.1, 0.15) is 26.3 Å². The van der Waals surface area contributed by atoms with Gasteiger partial charge in [-0.05, 0) is 50.4 Å². The number of hydrogen-bond donors (Lipinski definition) is 0. The van der Waals surface area contributed by atoms with E-state index in [9.17, 15) is 4.79 Å². The molecule has 2 rings (SSSR count). The zero-order chi connectivity index (χ0) is 11.9. The minimum absolute atomic E-state index is 0.309. The molecular formula is C13H16ClNO. The van der Waals surface area contributed by atoms with E-state index in [1.54, 1.807) is 0 Å². The van der Waals surface area contributed by atoms with Crippen LogP contribution in [0.4, 0.5) is 5.69 Å². The zero-order valence-corrected chi connectivity index (χ0v) is 10.6. The maximum atomic E-state index is 11.5. The van der Waals surface area contributed by atoms with E-state index in [1.165, 1.54) is 5.56 Å². The third-order valence-corrected chi connectivity index (χ3v) is 3.75. The van der Waals surface area contributed by atoms with Gasteiger partial charge in [0.2, 0.25) is 5.24 Å². The van der Waals surface area contributed by atoms with Crippen molar-refractivity contribution in [2.75, 3.05) is 4.90 Å². The highest BCUT2D eigenvalue weighted by Gasteiger charge is 2.40. The Labute approximate surface area is 101 Å². The Morgan fingerprint density at radius 1 is 1.44 bits per heavy atom. The summed E-state index contributed by atoms with van der Waals surface area (Å²) in [5.41, 5.74) is 1.78. The predicted molar refractivity (Wildman–Crippen MR) is 67.0 cm³/mol. The summed E-state index contributed by atoms with van der Waals surface area (Å²) < 4.78 is 0. The molecule has 16 heavy (non-hydrogen) atoms. The van der Waals surface area contributed by atoms with Crippen LogP contribution >= 0.6 is 11.6 Å². The molecule has 0 saturated heterocycles. The molecule has 0 fully saturated rings. The third kappa shape index (κ3) is 1.61. The summed E-state index contributed by atoms with van der Waals surface area (Å²) >= 11 is 5.70. The fourth-order valence-corrected chi connectivity index (χ4v) is 2.60. The maximum Gasteiger partial charge on any atom is 0.246 e. The number of rotatable bonds is 2. The first-order chi connectivity index (χ1) is 7.44. The van der Waals surface area contributed by atoms with Gasteiger partial charge in [-0.2, -0.15) is 0 Å². The molecule has 0 aliphatic carbocycles. The third-order valence-electron chi connectivity index (χ3n) is 3.29. The van der Waals surface area contributed by atoms with Gasteiger partial charge in [0.05, 0.1) is 0 Å². The van der Waals surface area contributed by atoms with Crippen LogP contribution in [-0.4, -0.2) is 16.8 Å². The van der Waals surface area contributed by atoms with Crippen molar-refractivity contribution in [2.45, 2.75) is 38.8 Å². The summed E-state index contributed by atoms with van der Waals surface area (Å²) in [4.78, 5) is 13.7. The number of benzene rings is 1. The van der Waals surface area contributed by atoms with Crippen LogP contribution in [0.25, 0.3) is 0 Å². The molecule has 1 atom stereocenters. The minimum atomic E-state index is -0.645. The van der Waals surface area contributed by atoms with Gasteiger partial charge in [-0.1, -0.05) is 18.2 Å². The second-order valence-corrected chi connectivity index (χ2v) is 5.23. The largest absolute Gasteiger partial charge is 0.355 e. The van der Waals surface area contributed by atoms with Gasteiger partial charge in [-0.15, -0.1) is 0 Å². The summed E-state index contributed by atoms with van der Waals surface area (Å²) in [5, 5.41) is -0.309. The van der Waals surface area contributed by atoms with Gasteiger partial charge >= 0.3 is 0 Å². The molecule has 0 saturated carbocycles. The number of halogens is 1. The van der Waals surface area contributed by atoms with Crippen molar-refractivity contribution >= 4 is 22.5 Å². The van der Waals surface area contributed by atoms with Crippen LogP contribution in [0.3, 0.4) is 0 Å².